The summed E-state index contributed by atoms with van der Waals surface area (Å²) in [6.07, 6.45) is 1.80. The van der Waals surface area contributed by atoms with Crippen LogP contribution in [0, 0.1) is 0 Å². The minimum Gasteiger partial charge on any atom is -0.399 e. The molecule has 1 aromatic carbocycles. The summed E-state index contributed by atoms with van der Waals surface area (Å²) in [7, 11) is 0. The maximum absolute atomic E-state index is 8.60. The molecule has 0 bridgehead atoms. The second-order valence-corrected chi connectivity index (χ2v) is 3.57. The number of aliphatic hydroxyl groups excluding tert-OH is 1. The third-order valence-corrected chi connectivity index (χ3v) is 2.24. The van der Waals surface area contributed by atoms with Crippen molar-refractivity contribution >= 4 is 11.4 Å². The predicted molar refractivity (Wildman–Crippen MR) is 63.3 cm³/mol. The number of hydrogen-bond donors (Lipinski definition) is 4. The van der Waals surface area contributed by atoms with Crippen LogP contribution in [0.4, 0.5) is 11.4 Å². The Labute approximate surface area is 90.3 Å². The Morgan fingerprint density at radius 3 is 2.73 bits per heavy atom. The lowest BCUT2D eigenvalue weighted by Crippen LogP contribution is -2.16. The lowest BCUT2D eigenvalue weighted by molar-refractivity contribution is 0.283. The predicted octanol–water partition coefficient (Wildman–Crippen LogP) is 0.713. The number of aliphatic hydroxyl groups is 1. The molecule has 0 fully saturated rings. The lowest BCUT2D eigenvalue weighted by atomic mass is 10.1. The van der Waals surface area contributed by atoms with Crippen LogP contribution >= 0.6 is 0 Å². The summed E-state index contributed by atoms with van der Waals surface area (Å²) in [5, 5.41) is 11.9. The molecule has 0 saturated carbocycles. The van der Waals surface area contributed by atoms with Gasteiger partial charge < -0.3 is 21.9 Å². The fourth-order valence-electron chi connectivity index (χ4n) is 1.36. The van der Waals surface area contributed by atoms with E-state index in [1.54, 1.807) is 6.07 Å². The first-order valence-electron chi connectivity index (χ1n) is 5.19. The van der Waals surface area contributed by atoms with Crippen LogP contribution in [0.25, 0.3) is 0 Å². The largest absolute Gasteiger partial charge is 0.399 e. The number of nitrogens with one attached hydrogen (secondary N) is 1. The van der Waals surface area contributed by atoms with Crippen molar-refractivity contribution in [2.24, 2.45) is 0 Å². The molecular weight excluding hydrogens is 190 g/mol. The molecule has 0 atom stereocenters. The number of rotatable bonds is 6. The van der Waals surface area contributed by atoms with Crippen molar-refractivity contribution in [1.82, 2.24) is 5.32 Å². The molecule has 0 spiro atoms. The molecule has 0 aliphatic heterocycles. The minimum atomic E-state index is 0.252. The molecular formula is C11H19N3O. The van der Waals surface area contributed by atoms with Crippen molar-refractivity contribution in [3.05, 3.63) is 23.8 Å². The first-order chi connectivity index (χ1) is 7.24. The van der Waals surface area contributed by atoms with Gasteiger partial charge in [-0.15, -0.1) is 0 Å². The van der Waals surface area contributed by atoms with Crippen LogP contribution in [-0.2, 0) is 6.54 Å². The number of unbranched alkanes of at least 4 members (excludes halogenated alkanes) is 1. The first-order valence-corrected chi connectivity index (χ1v) is 5.19. The molecule has 1 rings (SSSR count). The van der Waals surface area contributed by atoms with E-state index < -0.39 is 0 Å². The molecule has 1 aromatic rings. The summed E-state index contributed by atoms with van der Waals surface area (Å²) in [5.74, 6) is 0. The van der Waals surface area contributed by atoms with Crippen molar-refractivity contribution < 1.29 is 5.11 Å². The standard InChI is InChI=1S/C11H19N3O/c12-10-3-4-11(13)9(7-10)8-14-5-1-2-6-15/h3-4,7,14-15H,1-2,5-6,8,12-13H2. The van der Waals surface area contributed by atoms with Gasteiger partial charge in [-0.3, -0.25) is 0 Å². The van der Waals surface area contributed by atoms with Crippen LogP contribution < -0.4 is 16.8 Å². The van der Waals surface area contributed by atoms with Crippen LogP contribution in [0.3, 0.4) is 0 Å². The van der Waals surface area contributed by atoms with E-state index in [9.17, 15) is 0 Å². The van der Waals surface area contributed by atoms with Gasteiger partial charge in [0.2, 0.25) is 0 Å². The summed E-state index contributed by atoms with van der Waals surface area (Å²) in [4.78, 5) is 0. The zero-order chi connectivity index (χ0) is 11.1. The molecule has 4 nitrogen and oxygen atoms in total. The van der Waals surface area contributed by atoms with E-state index in [0.29, 0.717) is 0 Å². The van der Waals surface area contributed by atoms with E-state index in [1.807, 2.05) is 12.1 Å². The molecule has 0 saturated heterocycles. The van der Waals surface area contributed by atoms with Crippen molar-refractivity contribution in [2.45, 2.75) is 19.4 Å². The Hall–Kier alpha value is -1.26. The number of benzene rings is 1. The van der Waals surface area contributed by atoms with Crippen molar-refractivity contribution in [3.63, 3.8) is 0 Å². The van der Waals surface area contributed by atoms with Crippen molar-refractivity contribution in [2.75, 3.05) is 24.6 Å². The molecule has 15 heavy (non-hydrogen) atoms. The summed E-state index contributed by atoms with van der Waals surface area (Å²) in [5.41, 5.74) is 14.0. The van der Waals surface area contributed by atoms with Gasteiger partial charge in [-0.05, 0) is 43.1 Å². The monoisotopic (exact) mass is 209 g/mol. The smallest absolute Gasteiger partial charge is 0.0431 e. The average molecular weight is 209 g/mol. The van der Waals surface area contributed by atoms with Gasteiger partial charge in [0.15, 0.2) is 0 Å². The van der Waals surface area contributed by atoms with Gasteiger partial charge in [-0.25, -0.2) is 0 Å². The zero-order valence-electron chi connectivity index (χ0n) is 8.87. The van der Waals surface area contributed by atoms with Gasteiger partial charge in [0.1, 0.15) is 0 Å². The van der Waals surface area contributed by atoms with Gasteiger partial charge in [0, 0.05) is 24.5 Å². The maximum Gasteiger partial charge on any atom is 0.0431 e. The lowest BCUT2D eigenvalue weighted by Gasteiger charge is -2.08. The number of anilines is 2. The Morgan fingerprint density at radius 2 is 2.00 bits per heavy atom. The molecule has 4 heteroatoms. The second-order valence-electron chi connectivity index (χ2n) is 3.57. The van der Waals surface area contributed by atoms with E-state index in [4.69, 9.17) is 16.6 Å². The van der Waals surface area contributed by atoms with Gasteiger partial charge in [-0.2, -0.15) is 0 Å². The molecule has 0 aliphatic carbocycles. The fraction of sp³-hybridized carbons (Fsp3) is 0.455. The third-order valence-electron chi connectivity index (χ3n) is 2.24. The Morgan fingerprint density at radius 1 is 1.20 bits per heavy atom. The summed E-state index contributed by atoms with van der Waals surface area (Å²) in [6.45, 7) is 1.86. The van der Waals surface area contributed by atoms with Crippen LogP contribution in [0.15, 0.2) is 18.2 Å². The molecule has 0 aliphatic rings. The fourth-order valence-corrected chi connectivity index (χ4v) is 1.36. The van der Waals surface area contributed by atoms with E-state index in [2.05, 4.69) is 5.32 Å². The highest BCUT2D eigenvalue weighted by atomic mass is 16.2. The summed E-state index contributed by atoms with van der Waals surface area (Å²) in [6, 6.07) is 5.50. The van der Waals surface area contributed by atoms with Crippen LogP contribution in [0.1, 0.15) is 18.4 Å². The minimum absolute atomic E-state index is 0.252. The Balaban J connectivity index is 2.33. The topological polar surface area (TPSA) is 84.3 Å². The van der Waals surface area contributed by atoms with Crippen LogP contribution in [-0.4, -0.2) is 18.3 Å². The highest BCUT2D eigenvalue weighted by molar-refractivity contribution is 5.55. The molecule has 6 N–H and O–H groups in total. The quantitative estimate of drug-likeness (QED) is 0.411. The number of nitrogens with two attached hydrogens (primary N) is 2. The Bertz CT molecular complexity index is 302. The highest BCUT2D eigenvalue weighted by Gasteiger charge is 1.98. The van der Waals surface area contributed by atoms with E-state index in [0.717, 1.165) is 42.9 Å². The van der Waals surface area contributed by atoms with E-state index in [-0.39, 0.29) is 6.61 Å². The van der Waals surface area contributed by atoms with Gasteiger partial charge in [0.25, 0.3) is 0 Å². The van der Waals surface area contributed by atoms with Gasteiger partial charge in [-0.1, -0.05) is 0 Å². The molecule has 0 radical (unpaired) electrons. The van der Waals surface area contributed by atoms with Crippen LogP contribution in [0.5, 0.6) is 0 Å². The van der Waals surface area contributed by atoms with Crippen molar-refractivity contribution in [1.29, 1.82) is 0 Å². The van der Waals surface area contributed by atoms with Crippen molar-refractivity contribution in [3.8, 4) is 0 Å². The molecule has 0 aromatic heterocycles. The Kier molecular flexibility index (Phi) is 4.93. The maximum atomic E-state index is 8.60. The first kappa shape index (κ1) is 11.8. The number of nitrogen functional groups attached to an aromatic ring is 2. The molecule has 0 unspecified atom stereocenters. The van der Waals surface area contributed by atoms with Gasteiger partial charge in [0.05, 0.1) is 0 Å². The van der Waals surface area contributed by atoms with E-state index >= 15 is 0 Å². The summed E-state index contributed by atoms with van der Waals surface area (Å²) >= 11 is 0. The average Bonchev–Trinajstić information content (AvgIpc) is 2.23. The van der Waals surface area contributed by atoms with Crippen LogP contribution in [0.2, 0.25) is 0 Å². The molecule has 84 valence electrons. The third kappa shape index (κ3) is 4.18. The van der Waals surface area contributed by atoms with Gasteiger partial charge >= 0.3 is 0 Å². The second kappa shape index (κ2) is 6.27. The zero-order valence-corrected chi connectivity index (χ0v) is 8.87. The van der Waals surface area contributed by atoms with E-state index in [1.165, 1.54) is 0 Å². The molecule has 0 heterocycles. The number of hydrogen-bond acceptors (Lipinski definition) is 4. The SMILES string of the molecule is Nc1ccc(N)c(CNCCCCO)c1. The summed E-state index contributed by atoms with van der Waals surface area (Å²) < 4.78 is 0. The normalized spacial score (nSPS) is 10.5. The molecule has 0 amide bonds. The highest BCUT2D eigenvalue weighted by Crippen LogP contribution is 2.14.